The molecule has 3 heteroatoms. The van der Waals surface area contributed by atoms with E-state index in [4.69, 9.17) is 16.9 Å². The quantitative estimate of drug-likeness (QED) is 0.770. The van der Waals surface area contributed by atoms with E-state index < -0.39 is 0 Å². The highest BCUT2D eigenvalue weighted by atomic mass is 35.5. The number of benzene rings is 2. The van der Waals surface area contributed by atoms with Crippen LogP contribution in [0.2, 0.25) is 5.02 Å². The van der Waals surface area contributed by atoms with E-state index in [1.54, 1.807) is 17.8 Å². The van der Waals surface area contributed by atoms with Crippen molar-refractivity contribution in [1.29, 1.82) is 5.26 Å². The van der Waals surface area contributed by atoms with Crippen LogP contribution in [0.1, 0.15) is 16.7 Å². The van der Waals surface area contributed by atoms with Crippen molar-refractivity contribution in [2.45, 2.75) is 23.6 Å². The lowest BCUT2D eigenvalue weighted by molar-refractivity contribution is 1.27. The van der Waals surface area contributed by atoms with Gasteiger partial charge < -0.3 is 0 Å². The van der Waals surface area contributed by atoms with Gasteiger partial charge in [-0.05, 0) is 55.3 Å². The molecule has 0 heterocycles. The zero-order valence-electron chi connectivity index (χ0n) is 10.2. The van der Waals surface area contributed by atoms with Crippen LogP contribution in [-0.4, -0.2) is 0 Å². The van der Waals surface area contributed by atoms with Crippen LogP contribution in [0.5, 0.6) is 0 Å². The van der Waals surface area contributed by atoms with Gasteiger partial charge in [-0.25, -0.2) is 0 Å². The van der Waals surface area contributed by atoms with Crippen LogP contribution >= 0.6 is 23.4 Å². The molecule has 0 saturated heterocycles. The van der Waals surface area contributed by atoms with Gasteiger partial charge in [-0.1, -0.05) is 29.4 Å². The van der Waals surface area contributed by atoms with E-state index in [1.807, 2.05) is 12.1 Å². The largest absolute Gasteiger partial charge is 0.192 e. The van der Waals surface area contributed by atoms with Gasteiger partial charge in [0.25, 0.3) is 0 Å². The zero-order chi connectivity index (χ0) is 13.1. The first-order valence-corrected chi connectivity index (χ1v) is 6.74. The zero-order valence-corrected chi connectivity index (χ0v) is 11.8. The van der Waals surface area contributed by atoms with Gasteiger partial charge in [0.2, 0.25) is 0 Å². The van der Waals surface area contributed by atoms with Gasteiger partial charge in [0.1, 0.15) is 6.07 Å². The van der Waals surface area contributed by atoms with E-state index >= 15 is 0 Å². The molecular weight excluding hydrogens is 262 g/mol. The summed E-state index contributed by atoms with van der Waals surface area (Å²) >= 11 is 7.67. The average Bonchev–Trinajstić information content (AvgIpc) is 2.34. The fraction of sp³-hybridized carbons (Fsp3) is 0.133. The molecule has 18 heavy (non-hydrogen) atoms. The Kier molecular flexibility index (Phi) is 3.96. The van der Waals surface area contributed by atoms with Gasteiger partial charge in [-0.15, -0.1) is 0 Å². The molecule has 0 aliphatic heterocycles. The molecule has 0 atom stereocenters. The summed E-state index contributed by atoms with van der Waals surface area (Å²) in [4.78, 5) is 2.22. The van der Waals surface area contributed by atoms with Crippen LogP contribution in [0.4, 0.5) is 0 Å². The van der Waals surface area contributed by atoms with E-state index in [1.165, 1.54) is 16.0 Å². The molecule has 0 aliphatic carbocycles. The standard InChI is InChI=1S/C15H12ClNS/c1-10-3-5-13(7-11(10)2)18-14-6-4-12(9-17)15(16)8-14/h3-8H,1-2H3. The maximum atomic E-state index is 8.82. The van der Waals surface area contributed by atoms with Crippen LogP contribution in [0.3, 0.4) is 0 Å². The van der Waals surface area contributed by atoms with Crippen molar-refractivity contribution in [3.63, 3.8) is 0 Å². The molecule has 90 valence electrons. The fourth-order valence-electron chi connectivity index (χ4n) is 1.56. The lowest BCUT2D eigenvalue weighted by Crippen LogP contribution is -1.82. The van der Waals surface area contributed by atoms with Gasteiger partial charge in [0.05, 0.1) is 10.6 Å². The Balaban J connectivity index is 2.26. The summed E-state index contributed by atoms with van der Waals surface area (Å²) in [6.07, 6.45) is 0. The Hall–Kier alpha value is -1.43. The predicted molar refractivity (Wildman–Crippen MR) is 76.2 cm³/mol. The molecule has 0 fully saturated rings. The predicted octanol–water partition coefficient (Wildman–Crippen LogP) is 4.98. The Morgan fingerprint density at radius 2 is 1.67 bits per heavy atom. The first-order chi connectivity index (χ1) is 8.60. The maximum absolute atomic E-state index is 8.82. The van der Waals surface area contributed by atoms with Crippen LogP contribution in [0.25, 0.3) is 0 Å². The number of rotatable bonds is 2. The van der Waals surface area contributed by atoms with Crippen molar-refractivity contribution in [3.05, 3.63) is 58.1 Å². The van der Waals surface area contributed by atoms with Gasteiger partial charge in [0.15, 0.2) is 0 Å². The van der Waals surface area contributed by atoms with Crippen molar-refractivity contribution >= 4 is 23.4 Å². The SMILES string of the molecule is Cc1ccc(Sc2ccc(C#N)c(Cl)c2)cc1C. The molecule has 0 radical (unpaired) electrons. The van der Waals surface area contributed by atoms with Gasteiger partial charge in [-0.3, -0.25) is 0 Å². The summed E-state index contributed by atoms with van der Waals surface area (Å²) in [5, 5.41) is 9.33. The van der Waals surface area contributed by atoms with Crippen molar-refractivity contribution in [3.8, 4) is 6.07 Å². The lowest BCUT2D eigenvalue weighted by Gasteiger charge is -2.06. The first kappa shape index (κ1) is 13.0. The molecule has 0 aliphatic rings. The number of nitrogens with zero attached hydrogens (tertiary/aromatic N) is 1. The molecule has 0 N–H and O–H groups in total. The molecule has 0 unspecified atom stereocenters. The van der Waals surface area contributed by atoms with Crippen LogP contribution in [0, 0.1) is 25.2 Å². The third-order valence-electron chi connectivity index (χ3n) is 2.78. The summed E-state index contributed by atoms with van der Waals surface area (Å²) < 4.78 is 0. The molecule has 0 saturated carbocycles. The normalized spacial score (nSPS) is 10.1. The topological polar surface area (TPSA) is 23.8 Å². The molecule has 0 aromatic heterocycles. The van der Waals surface area contributed by atoms with Gasteiger partial charge in [-0.2, -0.15) is 5.26 Å². The maximum Gasteiger partial charge on any atom is 0.101 e. The Labute approximate surface area is 116 Å². The molecule has 2 aromatic carbocycles. The van der Waals surface area contributed by atoms with Crippen LogP contribution in [-0.2, 0) is 0 Å². The van der Waals surface area contributed by atoms with Crippen molar-refractivity contribution in [1.82, 2.24) is 0 Å². The third kappa shape index (κ3) is 2.87. The molecule has 0 bridgehead atoms. The monoisotopic (exact) mass is 273 g/mol. The second-order valence-electron chi connectivity index (χ2n) is 4.10. The highest BCUT2D eigenvalue weighted by Crippen LogP contribution is 2.31. The van der Waals surface area contributed by atoms with Crippen molar-refractivity contribution < 1.29 is 0 Å². The van der Waals surface area contributed by atoms with Crippen LogP contribution in [0.15, 0.2) is 46.2 Å². The minimum atomic E-state index is 0.506. The van der Waals surface area contributed by atoms with E-state index in [-0.39, 0.29) is 0 Å². The van der Waals surface area contributed by atoms with E-state index in [0.717, 1.165) is 4.90 Å². The molecular formula is C15H12ClNS. The summed E-state index contributed by atoms with van der Waals surface area (Å²) in [5.74, 6) is 0. The first-order valence-electron chi connectivity index (χ1n) is 5.55. The summed E-state index contributed by atoms with van der Waals surface area (Å²) in [5.41, 5.74) is 3.08. The second-order valence-corrected chi connectivity index (χ2v) is 5.66. The van der Waals surface area contributed by atoms with E-state index in [2.05, 4.69) is 38.1 Å². The number of hydrogen-bond donors (Lipinski definition) is 0. The molecule has 1 nitrogen and oxygen atoms in total. The average molecular weight is 274 g/mol. The molecule has 2 aromatic rings. The molecule has 0 spiro atoms. The lowest BCUT2D eigenvalue weighted by atomic mass is 10.1. The number of nitriles is 1. The Morgan fingerprint density at radius 1 is 1.00 bits per heavy atom. The highest BCUT2D eigenvalue weighted by molar-refractivity contribution is 7.99. The smallest absolute Gasteiger partial charge is 0.101 e. The van der Waals surface area contributed by atoms with Crippen molar-refractivity contribution in [2.75, 3.05) is 0 Å². The summed E-state index contributed by atoms with van der Waals surface area (Å²) in [6, 6.07) is 13.9. The minimum Gasteiger partial charge on any atom is -0.192 e. The second kappa shape index (κ2) is 5.48. The van der Waals surface area contributed by atoms with E-state index in [9.17, 15) is 0 Å². The highest BCUT2D eigenvalue weighted by Gasteiger charge is 2.03. The number of halogens is 1. The van der Waals surface area contributed by atoms with Crippen molar-refractivity contribution in [2.24, 2.45) is 0 Å². The number of aryl methyl sites for hydroxylation is 2. The molecule has 2 rings (SSSR count). The third-order valence-corrected chi connectivity index (χ3v) is 4.07. The fourth-order valence-corrected chi connectivity index (χ4v) is 2.81. The summed E-state index contributed by atoms with van der Waals surface area (Å²) in [6.45, 7) is 4.20. The Bertz CT molecular complexity index is 629. The van der Waals surface area contributed by atoms with Gasteiger partial charge >= 0.3 is 0 Å². The summed E-state index contributed by atoms with van der Waals surface area (Å²) in [7, 11) is 0. The van der Waals surface area contributed by atoms with E-state index in [0.29, 0.717) is 10.6 Å². The van der Waals surface area contributed by atoms with Gasteiger partial charge in [0, 0.05) is 9.79 Å². The molecule has 0 amide bonds. The number of hydrogen-bond acceptors (Lipinski definition) is 2. The minimum absolute atomic E-state index is 0.506. The van der Waals surface area contributed by atoms with Crippen LogP contribution < -0.4 is 0 Å². The Morgan fingerprint density at radius 3 is 2.28 bits per heavy atom.